The molecule has 1 aliphatic rings. The van der Waals surface area contributed by atoms with E-state index in [1.165, 1.54) is 17.7 Å². The van der Waals surface area contributed by atoms with E-state index in [0.717, 1.165) is 11.3 Å². The summed E-state index contributed by atoms with van der Waals surface area (Å²) in [6, 6.07) is 4.05. The van der Waals surface area contributed by atoms with Crippen molar-refractivity contribution in [2.75, 3.05) is 0 Å². The number of pyridine rings is 1. The Balaban J connectivity index is 2.42. The number of hydrogen-bond donors (Lipinski definition) is 0. The molecular weight excluding hydrogens is 213 g/mol. The minimum Gasteiger partial charge on any atom is -0.256 e. The Morgan fingerprint density at radius 2 is 2.12 bits per heavy atom. The summed E-state index contributed by atoms with van der Waals surface area (Å²) in [6.07, 6.45) is 5.43. The second-order valence-corrected chi connectivity index (χ2v) is 5.21. The molecule has 0 aliphatic heterocycles. The first-order valence-electron chi connectivity index (χ1n) is 5.73. The van der Waals surface area contributed by atoms with Gasteiger partial charge in [0.15, 0.2) is 0 Å². The molecule has 0 spiro atoms. The topological polar surface area (TPSA) is 12.9 Å². The summed E-state index contributed by atoms with van der Waals surface area (Å²) in [4.78, 5) is 4.31. The van der Waals surface area contributed by atoms with Crippen LogP contribution in [-0.2, 0) is 5.41 Å². The Labute approximate surface area is 101 Å². The van der Waals surface area contributed by atoms with Gasteiger partial charge in [0.05, 0.1) is 5.69 Å². The molecule has 2 heteroatoms. The van der Waals surface area contributed by atoms with Crippen LogP contribution in [0.25, 0.3) is 5.57 Å². The van der Waals surface area contributed by atoms with Crippen molar-refractivity contribution in [1.29, 1.82) is 0 Å². The van der Waals surface area contributed by atoms with Crippen molar-refractivity contribution in [2.45, 2.75) is 32.4 Å². The van der Waals surface area contributed by atoms with Crippen molar-refractivity contribution in [2.24, 2.45) is 0 Å². The second kappa shape index (κ2) is 4.31. The maximum Gasteiger partial charge on any atom is 0.144 e. The van der Waals surface area contributed by atoms with Gasteiger partial charge in [-0.3, -0.25) is 4.98 Å². The molecular formula is C15H16FN. The molecule has 0 saturated heterocycles. The van der Waals surface area contributed by atoms with E-state index in [1.54, 1.807) is 12.3 Å². The summed E-state index contributed by atoms with van der Waals surface area (Å²) in [5, 5.41) is 0. The highest BCUT2D eigenvalue weighted by Gasteiger charge is 2.15. The van der Waals surface area contributed by atoms with Gasteiger partial charge in [-0.15, -0.1) is 5.73 Å². The normalized spacial score (nSPS) is 19.3. The Morgan fingerprint density at radius 1 is 1.35 bits per heavy atom. The van der Waals surface area contributed by atoms with E-state index >= 15 is 0 Å². The molecule has 1 aliphatic carbocycles. The minimum atomic E-state index is -1.02. The predicted molar refractivity (Wildman–Crippen MR) is 68.5 cm³/mol. The van der Waals surface area contributed by atoms with Gasteiger partial charge in [0, 0.05) is 11.8 Å². The second-order valence-electron chi connectivity index (χ2n) is 5.21. The smallest absolute Gasteiger partial charge is 0.144 e. The molecule has 1 aromatic rings. The molecule has 0 N–H and O–H groups in total. The molecule has 0 saturated carbocycles. The number of alkyl halides is 1. The Kier molecular flexibility index (Phi) is 2.99. The first kappa shape index (κ1) is 11.8. The van der Waals surface area contributed by atoms with E-state index in [9.17, 15) is 4.39 Å². The van der Waals surface area contributed by atoms with Crippen LogP contribution in [0, 0.1) is 0 Å². The van der Waals surface area contributed by atoms with Crippen molar-refractivity contribution in [3.05, 3.63) is 53.5 Å². The van der Waals surface area contributed by atoms with Gasteiger partial charge in [-0.2, -0.15) is 0 Å². The van der Waals surface area contributed by atoms with Gasteiger partial charge in [-0.1, -0.05) is 20.8 Å². The van der Waals surface area contributed by atoms with Crippen molar-refractivity contribution in [1.82, 2.24) is 4.98 Å². The molecule has 1 nitrogen and oxygen atoms in total. The van der Waals surface area contributed by atoms with Gasteiger partial charge >= 0.3 is 0 Å². The van der Waals surface area contributed by atoms with Crippen LogP contribution in [0.2, 0.25) is 0 Å². The lowest BCUT2D eigenvalue weighted by Gasteiger charge is -2.19. The fourth-order valence-electron chi connectivity index (χ4n) is 1.66. The quantitative estimate of drug-likeness (QED) is 0.667. The molecule has 88 valence electrons. The summed E-state index contributed by atoms with van der Waals surface area (Å²) in [7, 11) is 0. The van der Waals surface area contributed by atoms with Crippen LogP contribution in [0.1, 0.15) is 32.0 Å². The molecule has 1 aromatic heterocycles. The molecule has 1 heterocycles. The maximum absolute atomic E-state index is 12.9. The summed E-state index contributed by atoms with van der Waals surface area (Å²) in [5.41, 5.74) is 5.92. The average Bonchev–Trinajstić information content (AvgIpc) is 2.29. The summed E-state index contributed by atoms with van der Waals surface area (Å²) < 4.78 is 12.9. The van der Waals surface area contributed by atoms with Crippen LogP contribution < -0.4 is 0 Å². The fraction of sp³-hybridized carbons (Fsp3) is 0.333. The standard InChI is InChI=1S/C15H16FN/c1-15(2,3)12-8-9-17-14(10-12)11-4-6-13(16)7-5-11/h4,6-10,13H,1-3H3. The van der Waals surface area contributed by atoms with E-state index in [0.29, 0.717) is 0 Å². The highest BCUT2D eigenvalue weighted by Crippen LogP contribution is 2.25. The van der Waals surface area contributed by atoms with Crippen LogP contribution in [0.15, 0.2) is 42.3 Å². The van der Waals surface area contributed by atoms with Crippen LogP contribution in [0.5, 0.6) is 0 Å². The Hall–Kier alpha value is -1.66. The number of halogens is 1. The van der Waals surface area contributed by atoms with E-state index in [-0.39, 0.29) is 5.41 Å². The van der Waals surface area contributed by atoms with E-state index in [2.05, 4.69) is 31.5 Å². The van der Waals surface area contributed by atoms with Crippen LogP contribution >= 0.6 is 0 Å². The molecule has 0 amide bonds. The molecule has 2 rings (SSSR count). The number of aromatic nitrogens is 1. The van der Waals surface area contributed by atoms with Crippen LogP contribution in [0.3, 0.4) is 0 Å². The maximum atomic E-state index is 12.9. The number of allylic oxidation sites excluding steroid dienone is 3. The third-order valence-electron chi connectivity index (χ3n) is 2.75. The number of hydrogen-bond acceptors (Lipinski definition) is 1. The third-order valence-corrected chi connectivity index (χ3v) is 2.75. The first-order valence-corrected chi connectivity index (χ1v) is 5.73. The molecule has 1 unspecified atom stereocenters. The van der Waals surface area contributed by atoms with E-state index in [1.807, 2.05) is 12.1 Å². The van der Waals surface area contributed by atoms with Crippen molar-refractivity contribution >= 4 is 5.57 Å². The molecule has 17 heavy (non-hydrogen) atoms. The summed E-state index contributed by atoms with van der Waals surface area (Å²) >= 11 is 0. The lowest BCUT2D eigenvalue weighted by atomic mass is 9.87. The van der Waals surface area contributed by atoms with Crippen molar-refractivity contribution < 1.29 is 4.39 Å². The van der Waals surface area contributed by atoms with Crippen LogP contribution in [0.4, 0.5) is 4.39 Å². The van der Waals surface area contributed by atoms with Crippen molar-refractivity contribution in [3.63, 3.8) is 0 Å². The monoisotopic (exact) mass is 229 g/mol. The molecule has 0 bridgehead atoms. The lowest BCUT2D eigenvalue weighted by Crippen LogP contribution is -2.11. The minimum absolute atomic E-state index is 0.0863. The number of rotatable bonds is 1. The van der Waals surface area contributed by atoms with Gasteiger partial charge in [-0.05, 0) is 41.3 Å². The van der Waals surface area contributed by atoms with Crippen molar-refractivity contribution in [3.8, 4) is 0 Å². The van der Waals surface area contributed by atoms with Gasteiger partial charge in [0.25, 0.3) is 0 Å². The zero-order valence-electron chi connectivity index (χ0n) is 10.4. The fourth-order valence-corrected chi connectivity index (χ4v) is 1.66. The molecule has 0 fully saturated rings. The number of nitrogens with zero attached hydrogens (tertiary/aromatic N) is 1. The lowest BCUT2D eigenvalue weighted by molar-refractivity contribution is 0.469. The van der Waals surface area contributed by atoms with Crippen LogP contribution in [-0.4, -0.2) is 11.2 Å². The molecule has 1 atom stereocenters. The summed E-state index contributed by atoms with van der Waals surface area (Å²) in [6.45, 7) is 6.47. The van der Waals surface area contributed by atoms with Gasteiger partial charge in [0.2, 0.25) is 0 Å². The van der Waals surface area contributed by atoms with Gasteiger partial charge in [-0.25, -0.2) is 4.39 Å². The highest BCUT2D eigenvalue weighted by molar-refractivity contribution is 5.72. The van der Waals surface area contributed by atoms with Gasteiger partial charge < -0.3 is 0 Å². The Bertz CT molecular complexity index is 514. The third kappa shape index (κ3) is 2.72. The molecule has 0 radical (unpaired) electrons. The van der Waals surface area contributed by atoms with E-state index in [4.69, 9.17) is 0 Å². The highest BCUT2D eigenvalue weighted by atomic mass is 19.1. The predicted octanol–water partition coefficient (Wildman–Crippen LogP) is 3.83. The molecule has 0 aromatic carbocycles. The van der Waals surface area contributed by atoms with Gasteiger partial charge in [0.1, 0.15) is 6.17 Å². The SMILES string of the molecule is CC(C)(C)c1ccnc(C2=C=CC(F)C=C2)c1. The summed E-state index contributed by atoms with van der Waals surface area (Å²) in [5.74, 6) is 0. The zero-order chi connectivity index (χ0) is 12.5. The first-order chi connectivity index (χ1) is 7.97. The van der Waals surface area contributed by atoms with E-state index < -0.39 is 6.17 Å². The largest absolute Gasteiger partial charge is 0.256 e. The zero-order valence-corrected chi connectivity index (χ0v) is 10.4. The average molecular weight is 229 g/mol. The Morgan fingerprint density at radius 3 is 2.71 bits per heavy atom.